The predicted molar refractivity (Wildman–Crippen MR) is 87.7 cm³/mol. The number of pyridine rings is 1. The molecule has 0 atom stereocenters. The highest BCUT2D eigenvalue weighted by Crippen LogP contribution is 2.19. The number of hydrogen-bond acceptors (Lipinski definition) is 5. The first-order valence-corrected chi connectivity index (χ1v) is 7.47. The van der Waals surface area contributed by atoms with Gasteiger partial charge in [-0.2, -0.15) is 4.98 Å². The number of aromatic amines is 1. The van der Waals surface area contributed by atoms with E-state index in [-0.39, 0.29) is 23.9 Å². The van der Waals surface area contributed by atoms with Gasteiger partial charge in [0.25, 0.3) is 5.91 Å². The lowest BCUT2D eigenvalue weighted by atomic mass is 10.1. The fraction of sp³-hybridized carbons (Fsp3) is 0.125. The molecule has 0 spiro atoms. The summed E-state index contributed by atoms with van der Waals surface area (Å²) < 4.78 is 5.12. The van der Waals surface area contributed by atoms with Crippen LogP contribution in [0, 0.1) is 6.92 Å². The number of hydrogen-bond donors (Lipinski definition) is 2. The fourth-order valence-corrected chi connectivity index (χ4v) is 2.33. The number of carbonyl (C=O) groups is 1. The van der Waals surface area contributed by atoms with Gasteiger partial charge in [-0.15, -0.1) is 0 Å². The van der Waals surface area contributed by atoms with Crippen LogP contribution in [0.15, 0.2) is 45.8 Å². The molecule has 0 saturated carbocycles. The molecule has 0 radical (unpaired) electrons. The Bertz CT molecular complexity index is 948. The van der Waals surface area contributed by atoms with Crippen LogP contribution in [-0.4, -0.2) is 21.0 Å². The number of nitrogens with zero attached hydrogens (tertiary/aromatic N) is 2. The summed E-state index contributed by atoms with van der Waals surface area (Å²) in [4.78, 5) is 30.0. The third-order valence-electron chi connectivity index (χ3n) is 3.33. The van der Waals surface area contributed by atoms with E-state index in [2.05, 4.69) is 20.4 Å². The number of aryl methyl sites for hydroxylation is 1. The Kier molecular flexibility index (Phi) is 4.43. The van der Waals surface area contributed by atoms with Crippen molar-refractivity contribution in [1.29, 1.82) is 0 Å². The summed E-state index contributed by atoms with van der Waals surface area (Å²) in [6, 6.07) is 8.42. The maximum Gasteiger partial charge on any atom is 0.253 e. The largest absolute Gasteiger partial charge is 0.343 e. The zero-order chi connectivity index (χ0) is 17.1. The highest BCUT2D eigenvalue weighted by molar-refractivity contribution is 6.30. The Morgan fingerprint density at radius 1 is 1.38 bits per heavy atom. The molecule has 7 nitrogen and oxygen atoms in total. The van der Waals surface area contributed by atoms with E-state index in [4.69, 9.17) is 16.1 Å². The Morgan fingerprint density at radius 3 is 2.96 bits per heavy atom. The number of rotatable bonds is 4. The van der Waals surface area contributed by atoms with Crippen LogP contribution in [0.3, 0.4) is 0 Å². The molecule has 0 aliphatic rings. The quantitative estimate of drug-likeness (QED) is 0.756. The molecule has 0 aliphatic carbocycles. The van der Waals surface area contributed by atoms with Gasteiger partial charge in [-0.3, -0.25) is 9.59 Å². The van der Waals surface area contributed by atoms with Crippen LogP contribution >= 0.6 is 11.6 Å². The van der Waals surface area contributed by atoms with Crippen LogP contribution in [0.2, 0.25) is 5.02 Å². The molecular weight excluding hydrogens is 332 g/mol. The van der Waals surface area contributed by atoms with Gasteiger partial charge in [0.2, 0.25) is 17.3 Å². The van der Waals surface area contributed by atoms with Gasteiger partial charge in [-0.25, -0.2) is 0 Å². The van der Waals surface area contributed by atoms with Gasteiger partial charge in [-0.1, -0.05) is 28.9 Å². The number of amides is 1. The Labute approximate surface area is 141 Å². The minimum atomic E-state index is -0.341. The van der Waals surface area contributed by atoms with E-state index in [0.29, 0.717) is 22.0 Å². The summed E-state index contributed by atoms with van der Waals surface area (Å²) in [5.41, 5.74) is 1.43. The molecule has 3 aromatic rings. The van der Waals surface area contributed by atoms with Crippen molar-refractivity contribution in [3.8, 4) is 11.4 Å². The fourth-order valence-electron chi connectivity index (χ4n) is 2.14. The molecule has 2 N–H and O–H groups in total. The summed E-state index contributed by atoms with van der Waals surface area (Å²) in [6.07, 6.45) is 1.37. The molecule has 0 unspecified atom stereocenters. The number of aromatic nitrogens is 3. The van der Waals surface area contributed by atoms with Crippen molar-refractivity contribution in [3.05, 3.63) is 68.9 Å². The van der Waals surface area contributed by atoms with E-state index in [9.17, 15) is 9.59 Å². The molecule has 2 heterocycles. The van der Waals surface area contributed by atoms with E-state index in [0.717, 1.165) is 5.56 Å². The van der Waals surface area contributed by atoms with E-state index >= 15 is 0 Å². The zero-order valence-corrected chi connectivity index (χ0v) is 13.4. The minimum absolute atomic E-state index is 0.0744. The van der Waals surface area contributed by atoms with E-state index < -0.39 is 0 Å². The molecule has 122 valence electrons. The van der Waals surface area contributed by atoms with E-state index in [1.54, 1.807) is 25.1 Å². The normalized spacial score (nSPS) is 10.6. The van der Waals surface area contributed by atoms with Crippen molar-refractivity contribution in [1.82, 2.24) is 20.4 Å². The van der Waals surface area contributed by atoms with Crippen LogP contribution < -0.4 is 10.9 Å². The van der Waals surface area contributed by atoms with E-state index in [1.807, 2.05) is 6.07 Å². The van der Waals surface area contributed by atoms with Crippen LogP contribution in [0.1, 0.15) is 21.8 Å². The highest BCUT2D eigenvalue weighted by atomic mass is 35.5. The lowest BCUT2D eigenvalue weighted by molar-refractivity contribution is 0.0945. The summed E-state index contributed by atoms with van der Waals surface area (Å²) in [6.45, 7) is 1.76. The first-order valence-electron chi connectivity index (χ1n) is 7.09. The number of H-pyrrole nitrogens is 1. The zero-order valence-electron chi connectivity index (χ0n) is 12.7. The van der Waals surface area contributed by atoms with Gasteiger partial charge < -0.3 is 14.8 Å². The topological polar surface area (TPSA) is 101 Å². The molecule has 0 bridgehead atoms. The van der Waals surface area contributed by atoms with Crippen molar-refractivity contribution < 1.29 is 9.32 Å². The van der Waals surface area contributed by atoms with Gasteiger partial charge in [0.05, 0.1) is 12.1 Å². The number of nitrogens with one attached hydrogen (secondary N) is 2. The summed E-state index contributed by atoms with van der Waals surface area (Å²) in [5.74, 6) is 0.314. The third kappa shape index (κ3) is 3.52. The minimum Gasteiger partial charge on any atom is -0.343 e. The van der Waals surface area contributed by atoms with Crippen LogP contribution in [0.4, 0.5) is 0 Å². The standard InChI is InChI=1S/C16H13ClN4O3/c1-9-5-13(22)18-7-12(9)16(23)19-8-14-20-15(21-24-14)10-3-2-4-11(17)6-10/h2-7H,8H2,1H3,(H,18,22)(H,19,23). The van der Waals surface area contributed by atoms with E-state index in [1.165, 1.54) is 12.3 Å². The summed E-state index contributed by atoms with van der Waals surface area (Å²) in [7, 11) is 0. The van der Waals surface area contributed by atoms with Crippen molar-refractivity contribution >= 4 is 17.5 Å². The van der Waals surface area contributed by atoms with Crippen LogP contribution in [0.25, 0.3) is 11.4 Å². The maximum absolute atomic E-state index is 12.1. The molecule has 0 aliphatic heterocycles. The van der Waals surface area contributed by atoms with Crippen LogP contribution in [-0.2, 0) is 6.54 Å². The molecule has 1 amide bonds. The summed E-state index contributed by atoms with van der Waals surface area (Å²) in [5, 5.41) is 7.10. The lowest BCUT2D eigenvalue weighted by Crippen LogP contribution is -2.25. The molecule has 2 aromatic heterocycles. The number of carbonyl (C=O) groups excluding carboxylic acids is 1. The second kappa shape index (κ2) is 6.67. The smallest absolute Gasteiger partial charge is 0.253 e. The molecular formula is C16H13ClN4O3. The monoisotopic (exact) mass is 344 g/mol. The maximum atomic E-state index is 12.1. The van der Waals surface area contributed by atoms with Gasteiger partial charge >= 0.3 is 0 Å². The summed E-state index contributed by atoms with van der Waals surface area (Å²) >= 11 is 5.93. The average Bonchev–Trinajstić information content (AvgIpc) is 3.01. The molecule has 8 heteroatoms. The second-order valence-electron chi connectivity index (χ2n) is 5.10. The van der Waals surface area contributed by atoms with Crippen molar-refractivity contribution in [2.75, 3.05) is 0 Å². The highest BCUT2D eigenvalue weighted by Gasteiger charge is 2.13. The molecule has 1 aromatic carbocycles. The number of benzene rings is 1. The number of halogens is 1. The average molecular weight is 345 g/mol. The van der Waals surface area contributed by atoms with Gasteiger partial charge in [0.15, 0.2) is 0 Å². The first-order chi connectivity index (χ1) is 11.5. The third-order valence-corrected chi connectivity index (χ3v) is 3.56. The Morgan fingerprint density at radius 2 is 2.21 bits per heavy atom. The molecule has 0 saturated heterocycles. The molecule has 0 fully saturated rings. The van der Waals surface area contributed by atoms with Crippen molar-refractivity contribution in [2.24, 2.45) is 0 Å². The SMILES string of the molecule is Cc1cc(=O)[nH]cc1C(=O)NCc1nc(-c2cccc(Cl)c2)no1. The predicted octanol–water partition coefficient (Wildman–Crippen LogP) is 2.32. The Hall–Kier alpha value is -2.93. The van der Waals surface area contributed by atoms with Gasteiger partial charge in [0, 0.05) is 22.8 Å². The first kappa shape index (κ1) is 15.9. The second-order valence-corrected chi connectivity index (χ2v) is 5.54. The van der Waals surface area contributed by atoms with Gasteiger partial charge in [-0.05, 0) is 24.6 Å². The molecule has 3 rings (SSSR count). The lowest BCUT2D eigenvalue weighted by Gasteiger charge is -2.04. The van der Waals surface area contributed by atoms with Gasteiger partial charge in [0.1, 0.15) is 0 Å². The van der Waals surface area contributed by atoms with Crippen molar-refractivity contribution in [3.63, 3.8) is 0 Å². The Balaban J connectivity index is 1.69. The van der Waals surface area contributed by atoms with Crippen molar-refractivity contribution in [2.45, 2.75) is 13.5 Å². The van der Waals surface area contributed by atoms with Crippen LogP contribution in [0.5, 0.6) is 0 Å². The molecule has 24 heavy (non-hydrogen) atoms.